The molecule has 2 aromatic heterocycles. The van der Waals surface area contributed by atoms with E-state index in [1.807, 2.05) is 0 Å². The molecular weight excluding hydrogens is 210 g/mol. The third kappa shape index (κ3) is 1.67. The Morgan fingerprint density at radius 3 is 2.88 bits per heavy atom. The molecule has 0 amide bonds. The van der Waals surface area contributed by atoms with Crippen LogP contribution in [0.3, 0.4) is 0 Å². The van der Waals surface area contributed by atoms with Crippen LogP contribution in [-0.4, -0.2) is 35.6 Å². The van der Waals surface area contributed by atoms with Crippen LogP contribution in [0.2, 0.25) is 0 Å². The molecule has 1 atom stereocenters. The summed E-state index contributed by atoms with van der Waals surface area (Å²) in [4.78, 5) is 10.9. The summed E-state index contributed by atoms with van der Waals surface area (Å²) in [6.45, 7) is 1.57. The number of aryl methyl sites for hydroxylation is 1. The van der Waals surface area contributed by atoms with Crippen LogP contribution >= 0.6 is 0 Å². The lowest BCUT2D eigenvalue weighted by Crippen LogP contribution is -2.15. The van der Waals surface area contributed by atoms with Gasteiger partial charge in [0.15, 0.2) is 5.82 Å². The Bertz CT molecular complexity index is 515. The molecule has 7 nitrogen and oxygen atoms in total. The van der Waals surface area contributed by atoms with Gasteiger partial charge in [-0.15, -0.1) is 10.2 Å². The molecule has 2 aromatic rings. The number of aliphatic carboxylic acids is 1. The van der Waals surface area contributed by atoms with E-state index >= 15 is 0 Å². The fourth-order valence-corrected chi connectivity index (χ4v) is 1.39. The fourth-order valence-electron chi connectivity index (χ4n) is 1.39. The molecule has 0 aliphatic carbocycles. The maximum absolute atomic E-state index is 10.9. The van der Waals surface area contributed by atoms with E-state index in [4.69, 9.17) is 5.11 Å². The van der Waals surface area contributed by atoms with Gasteiger partial charge in [0, 0.05) is 13.2 Å². The SMILES string of the molecule is CC(C(=O)O)n1cnnc1-c1cnn(C)c1. The standard InChI is InChI=1S/C9H11N5O2/c1-6(9(15)16)14-5-10-12-8(14)7-3-11-13(2)4-7/h3-6H,1-2H3,(H,15,16). The van der Waals surface area contributed by atoms with Crippen LogP contribution < -0.4 is 0 Å². The lowest BCUT2D eigenvalue weighted by Gasteiger charge is -2.09. The largest absolute Gasteiger partial charge is 0.480 e. The van der Waals surface area contributed by atoms with Gasteiger partial charge < -0.3 is 5.11 Å². The van der Waals surface area contributed by atoms with Gasteiger partial charge in [-0.05, 0) is 6.92 Å². The molecule has 2 heterocycles. The average molecular weight is 221 g/mol. The molecule has 2 rings (SSSR count). The lowest BCUT2D eigenvalue weighted by atomic mass is 10.3. The van der Waals surface area contributed by atoms with Crippen molar-refractivity contribution in [2.45, 2.75) is 13.0 Å². The van der Waals surface area contributed by atoms with Crippen LogP contribution in [0.15, 0.2) is 18.7 Å². The predicted molar refractivity (Wildman–Crippen MR) is 54.6 cm³/mol. The van der Waals surface area contributed by atoms with Gasteiger partial charge in [0.1, 0.15) is 12.4 Å². The van der Waals surface area contributed by atoms with E-state index in [-0.39, 0.29) is 0 Å². The second-order valence-corrected chi connectivity index (χ2v) is 3.48. The third-order valence-electron chi connectivity index (χ3n) is 2.31. The number of carboxylic acid groups (broad SMARTS) is 1. The molecule has 84 valence electrons. The average Bonchev–Trinajstić information content (AvgIpc) is 2.83. The number of hydrogen-bond donors (Lipinski definition) is 1. The van der Waals surface area contributed by atoms with Gasteiger partial charge in [0.25, 0.3) is 0 Å². The molecule has 0 aliphatic rings. The summed E-state index contributed by atoms with van der Waals surface area (Å²) in [6.07, 6.45) is 4.78. The number of carbonyl (C=O) groups is 1. The second kappa shape index (κ2) is 3.76. The first-order valence-corrected chi connectivity index (χ1v) is 4.71. The van der Waals surface area contributed by atoms with Gasteiger partial charge in [-0.2, -0.15) is 5.10 Å². The first kappa shape index (κ1) is 10.3. The normalized spacial score (nSPS) is 12.6. The smallest absolute Gasteiger partial charge is 0.326 e. The molecule has 0 fully saturated rings. The van der Waals surface area contributed by atoms with Crippen molar-refractivity contribution in [3.8, 4) is 11.4 Å². The van der Waals surface area contributed by atoms with Crippen molar-refractivity contribution in [3.05, 3.63) is 18.7 Å². The summed E-state index contributed by atoms with van der Waals surface area (Å²) in [7, 11) is 1.78. The Labute approximate surface area is 91.3 Å². The van der Waals surface area contributed by atoms with Gasteiger partial charge in [-0.25, -0.2) is 4.79 Å². The highest BCUT2D eigenvalue weighted by atomic mass is 16.4. The highest BCUT2D eigenvalue weighted by molar-refractivity contribution is 5.72. The highest BCUT2D eigenvalue weighted by Crippen LogP contribution is 2.19. The van der Waals surface area contributed by atoms with Crippen molar-refractivity contribution in [1.29, 1.82) is 0 Å². The molecule has 0 radical (unpaired) electrons. The van der Waals surface area contributed by atoms with Gasteiger partial charge in [-0.1, -0.05) is 0 Å². The van der Waals surface area contributed by atoms with E-state index in [0.29, 0.717) is 5.82 Å². The number of carboxylic acids is 1. The molecular formula is C9H11N5O2. The van der Waals surface area contributed by atoms with Crippen molar-refractivity contribution >= 4 is 5.97 Å². The monoisotopic (exact) mass is 221 g/mol. The molecule has 0 bridgehead atoms. The fraction of sp³-hybridized carbons (Fsp3) is 0.333. The van der Waals surface area contributed by atoms with E-state index in [1.165, 1.54) is 10.9 Å². The van der Waals surface area contributed by atoms with Gasteiger partial charge in [0.05, 0.1) is 11.8 Å². The first-order valence-electron chi connectivity index (χ1n) is 4.71. The third-order valence-corrected chi connectivity index (χ3v) is 2.31. The van der Waals surface area contributed by atoms with Crippen LogP contribution in [0, 0.1) is 0 Å². The maximum Gasteiger partial charge on any atom is 0.326 e. The van der Waals surface area contributed by atoms with Crippen molar-refractivity contribution in [2.24, 2.45) is 7.05 Å². The number of hydrogen-bond acceptors (Lipinski definition) is 4. The van der Waals surface area contributed by atoms with Crippen molar-refractivity contribution < 1.29 is 9.90 Å². The zero-order valence-corrected chi connectivity index (χ0v) is 8.90. The van der Waals surface area contributed by atoms with E-state index in [9.17, 15) is 4.79 Å². The Balaban J connectivity index is 2.43. The summed E-state index contributed by atoms with van der Waals surface area (Å²) >= 11 is 0. The Hall–Kier alpha value is -2.18. The lowest BCUT2D eigenvalue weighted by molar-refractivity contribution is -0.140. The quantitative estimate of drug-likeness (QED) is 0.806. The van der Waals surface area contributed by atoms with Crippen molar-refractivity contribution in [2.75, 3.05) is 0 Å². The van der Waals surface area contributed by atoms with E-state index in [1.54, 1.807) is 31.0 Å². The zero-order chi connectivity index (χ0) is 11.7. The highest BCUT2D eigenvalue weighted by Gasteiger charge is 2.18. The number of aromatic nitrogens is 5. The van der Waals surface area contributed by atoms with Gasteiger partial charge >= 0.3 is 5.97 Å². The predicted octanol–water partition coefficient (Wildman–Crippen LogP) is 0.324. The first-order chi connectivity index (χ1) is 7.59. The summed E-state index contributed by atoms with van der Waals surface area (Å²) < 4.78 is 3.12. The Morgan fingerprint density at radius 2 is 2.31 bits per heavy atom. The minimum Gasteiger partial charge on any atom is -0.480 e. The van der Waals surface area contributed by atoms with Crippen LogP contribution in [-0.2, 0) is 11.8 Å². The number of rotatable bonds is 3. The molecule has 16 heavy (non-hydrogen) atoms. The van der Waals surface area contributed by atoms with Gasteiger partial charge in [0.2, 0.25) is 0 Å². The molecule has 0 saturated heterocycles. The number of nitrogens with zero attached hydrogens (tertiary/aromatic N) is 5. The molecule has 0 spiro atoms. The Kier molecular flexibility index (Phi) is 2.43. The summed E-state index contributed by atoms with van der Waals surface area (Å²) in [6, 6.07) is -0.704. The summed E-state index contributed by atoms with van der Waals surface area (Å²) in [5, 5.41) is 20.6. The minimum atomic E-state index is -0.926. The van der Waals surface area contributed by atoms with Crippen LogP contribution in [0.25, 0.3) is 11.4 Å². The topological polar surface area (TPSA) is 85.8 Å². The van der Waals surface area contributed by atoms with E-state index < -0.39 is 12.0 Å². The van der Waals surface area contributed by atoms with Crippen LogP contribution in [0.5, 0.6) is 0 Å². The summed E-state index contributed by atoms with van der Waals surface area (Å²) in [5.41, 5.74) is 0.744. The van der Waals surface area contributed by atoms with E-state index in [0.717, 1.165) is 5.56 Å². The zero-order valence-electron chi connectivity index (χ0n) is 8.90. The van der Waals surface area contributed by atoms with Crippen molar-refractivity contribution in [3.63, 3.8) is 0 Å². The molecule has 7 heteroatoms. The summed E-state index contributed by atoms with van der Waals surface area (Å²) in [5.74, 6) is -0.423. The van der Waals surface area contributed by atoms with Crippen LogP contribution in [0.4, 0.5) is 0 Å². The maximum atomic E-state index is 10.9. The molecule has 0 saturated carbocycles. The minimum absolute atomic E-state index is 0.503. The van der Waals surface area contributed by atoms with Crippen LogP contribution in [0.1, 0.15) is 13.0 Å². The molecule has 0 aliphatic heterocycles. The molecule has 1 N–H and O–H groups in total. The second-order valence-electron chi connectivity index (χ2n) is 3.48. The molecule has 1 unspecified atom stereocenters. The van der Waals surface area contributed by atoms with Gasteiger partial charge in [-0.3, -0.25) is 9.25 Å². The van der Waals surface area contributed by atoms with Crippen molar-refractivity contribution in [1.82, 2.24) is 24.5 Å². The van der Waals surface area contributed by atoms with E-state index in [2.05, 4.69) is 15.3 Å². The molecule has 0 aromatic carbocycles. The Morgan fingerprint density at radius 1 is 1.56 bits per heavy atom.